The molecule has 1 aromatic heterocycles. The minimum atomic E-state index is -0.0000733. The molecule has 0 atom stereocenters. The van der Waals surface area contributed by atoms with E-state index >= 15 is 0 Å². The van der Waals surface area contributed by atoms with Crippen LogP contribution in [0.2, 0.25) is 0 Å². The molecule has 0 aliphatic heterocycles. The zero-order chi connectivity index (χ0) is 15.0. The van der Waals surface area contributed by atoms with Crippen LogP contribution in [-0.2, 0) is 16.1 Å². The Hall–Kier alpha value is -1.91. The van der Waals surface area contributed by atoms with E-state index in [1.807, 2.05) is 26.0 Å². The molecule has 0 aliphatic rings. The number of rotatable bonds is 7. The maximum Gasteiger partial charge on any atom is 0.220 e. The maximum atomic E-state index is 11.6. The number of pyridine rings is 1. The topological polar surface area (TPSA) is 62.3 Å². The Labute approximate surface area is 120 Å². The molecule has 0 aliphatic carbocycles. The molecule has 5 nitrogen and oxygen atoms in total. The van der Waals surface area contributed by atoms with Crippen LogP contribution in [-0.4, -0.2) is 34.8 Å². The van der Waals surface area contributed by atoms with Gasteiger partial charge in [0.2, 0.25) is 11.8 Å². The normalized spacial score (nSPS) is 10.4. The quantitative estimate of drug-likeness (QED) is 0.823. The third kappa shape index (κ3) is 6.31. The molecule has 0 spiro atoms. The monoisotopic (exact) mass is 277 g/mol. The molecule has 2 amide bonds. The molecule has 0 unspecified atom stereocenters. The van der Waals surface area contributed by atoms with Gasteiger partial charge in [-0.25, -0.2) is 0 Å². The van der Waals surface area contributed by atoms with Crippen LogP contribution < -0.4 is 5.32 Å². The van der Waals surface area contributed by atoms with Crippen molar-refractivity contribution in [2.24, 2.45) is 5.92 Å². The van der Waals surface area contributed by atoms with E-state index in [1.165, 1.54) is 6.92 Å². The van der Waals surface area contributed by atoms with Crippen LogP contribution in [0.1, 0.15) is 32.8 Å². The lowest BCUT2D eigenvalue weighted by Gasteiger charge is -2.21. The average Bonchev–Trinajstić information content (AvgIpc) is 2.37. The molecule has 110 valence electrons. The Kier molecular flexibility index (Phi) is 6.70. The molecule has 5 heteroatoms. The molecule has 1 heterocycles. The van der Waals surface area contributed by atoms with Gasteiger partial charge in [-0.2, -0.15) is 0 Å². The lowest BCUT2D eigenvalue weighted by atomic mass is 10.1. The standard InChI is InChI=1S/C15H23N3O2/c1-12(2)10-15(20)17-8-9-18(13(3)19)11-14-4-6-16-7-5-14/h4-7,12H,8-11H2,1-3H3,(H,17,20). The Morgan fingerprint density at radius 1 is 1.30 bits per heavy atom. The zero-order valence-corrected chi connectivity index (χ0v) is 12.4. The van der Waals surface area contributed by atoms with Crippen LogP contribution in [0, 0.1) is 5.92 Å². The van der Waals surface area contributed by atoms with E-state index in [1.54, 1.807) is 17.3 Å². The molecule has 0 bridgehead atoms. The van der Waals surface area contributed by atoms with Crippen LogP contribution in [0.25, 0.3) is 0 Å². The predicted molar refractivity (Wildman–Crippen MR) is 77.8 cm³/mol. The van der Waals surface area contributed by atoms with Crippen molar-refractivity contribution < 1.29 is 9.59 Å². The highest BCUT2D eigenvalue weighted by Crippen LogP contribution is 2.03. The summed E-state index contributed by atoms with van der Waals surface area (Å²) in [6, 6.07) is 3.76. The molecule has 20 heavy (non-hydrogen) atoms. The van der Waals surface area contributed by atoms with Crippen molar-refractivity contribution in [2.45, 2.75) is 33.7 Å². The van der Waals surface area contributed by atoms with Gasteiger partial charge in [-0.15, -0.1) is 0 Å². The van der Waals surface area contributed by atoms with E-state index in [2.05, 4.69) is 10.3 Å². The first-order valence-corrected chi connectivity index (χ1v) is 6.90. The Morgan fingerprint density at radius 2 is 1.95 bits per heavy atom. The molecular weight excluding hydrogens is 254 g/mol. The van der Waals surface area contributed by atoms with Gasteiger partial charge in [-0.05, 0) is 23.6 Å². The van der Waals surface area contributed by atoms with Gasteiger partial charge in [0.1, 0.15) is 0 Å². The maximum absolute atomic E-state index is 11.6. The summed E-state index contributed by atoms with van der Waals surface area (Å²) in [6.07, 6.45) is 3.93. The van der Waals surface area contributed by atoms with Crippen molar-refractivity contribution >= 4 is 11.8 Å². The van der Waals surface area contributed by atoms with Gasteiger partial charge in [0.05, 0.1) is 0 Å². The molecule has 0 saturated heterocycles. The summed E-state index contributed by atoms with van der Waals surface area (Å²) < 4.78 is 0. The lowest BCUT2D eigenvalue weighted by Crippen LogP contribution is -2.37. The Balaban J connectivity index is 2.40. The summed E-state index contributed by atoms with van der Waals surface area (Å²) in [4.78, 5) is 28.8. The second-order valence-corrected chi connectivity index (χ2v) is 5.24. The average molecular weight is 277 g/mol. The highest BCUT2D eigenvalue weighted by atomic mass is 16.2. The summed E-state index contributed by atoms with van der Waals surface area (Å²) in [6.45, 7) is 7.09. The highest BCUT2D eigenvalue weighted by molar-refractivity contribution is 5.76. The second-order valence-electron chi connectivity index (χ2n) is 5.24. The number of aromatic nitrogens is 1. The molecule has 0 saturated carbocycles. The van der Waals surface area contributed by atoms with Crippen molar-refractivity contribution in [2.75, 3.05) is 13.1 Å². The Morgan fingerprint density at radius 3 is 2.50 bits per heavy atom. The summed E-state index contributed by atoms with van der Waals surface area (Å²) in [7, 11) is 0. The molecule has 1 aromatic rings. The van der Waals surface area contributed by atoms with E-state index in [4.69, 9.17) is 0 Å². The second kappa shape index (κ2) is 8.30. The number of nitrogens with zero attached hydrogens (tertiary/aromatic N) is 2. The number of hydrogen-bond donors (Lipinski definition) is 1. The van der Waals surface area contributed by atoms with Gasteiger partial charge in [0.15, 0.2) is 0 Å². The van der Waals surface area contributed by atoms with Crippen molar-refractivity contribution in [3.05, 3.63) is 30.1 Å². The fraction of sp³-hybridized carbons (Fsp3) is 0.533. The van der Waals surface area contributed by atoms with Crippen LogP contribution in [0.5, 0.6) is 0 Å². The number of carbonyl (C=O) groups is 2. The van der Waals surface area contributed by atoms with Crippen LogP contribution in [0.3, 0.4) is 0 Å². The third-order valence-electron chi connectivity index (χ3n) is 2.87. The minimum absolute atomic E-state index is 0.0000733. The van der Waals surface area contributed by atoms with Crippen LogP contribution in [0.15, 0.2) is 24.5 Å². The van der Waals surface area contributed by atoms with Gasteiger partial charge in [0, 0.05) is 45.4 Å². The lowest BCUT2D eigenvalue weighted by molar-refractivity contribution is -0.130. The summed E-state index contributed by atoms with van der Waals surface area (Å²) in [5, 5.41) is 2.84. The van der Waals surface area contributed by atoms with Crippen molar-refractivity contribution in [3.8, 4) is 0 Å². The first-order chi connectivity index (χ1) is 9.49. The fourth-order valence-electron chi connectivity index (χ4n) is 1.83. The molecular formula is C15H23N3O2. The molecule has 0 fully saturated rings. The highest BCUT2D eigenvalue weighted by Gasteiger charge is 2.10. The zero-order valence-electron chi connectivity index (χ0n) is 12.4. The molecule has 1 N–H and O–H groups in total. The molecule has 0 radical (unpaired) electrons. The summed E-state index contributed by atoms with van der Waals surface area (Å²) >= 11 is 0. The van der Waals surface area contributed by atoms with Crippen molar-refractivity contribution in [3.63, 3.8) is 0 Å². The SMILES string of the molecule is CC(=O)N(CCNC(=O)CC(C)C)Cc1ccncc1. The smallest absolute Gasteiger partial charge is 0.220 e. The van der Waals surface area contributed by atoms with E-state index in [0.29, 0.717) is 32.0 Å². The van der Waals surface area contributed by atoms with Crippen molar-refractivity contribution in [1.29, 1.82) is 0 Å². The minimum Gasteiger partial charge on any atom is -0.354 e. The predicted octanol–water partition coefficient (Wildman–Crippen LogP) is 1.59. The number of carbonyl (C=O) groups excluding carboxylic acids is 2. The summed E-state index contributed by atoms with van der Waals surface area (Å²) in [5.41, 5.74) is 1.03. The van der Waals surface area contributed by atoms with Gasteiger partial charge >= 0.3 is 0 Å². The number of nitrogens with one attached hydrogen (secondary N) is 1. The van der Waals surface area contributed by atoms with E-state index < -0.39 is 0 Å². The number of amides is 2. The Bertz CT molecular complexity index is 432. The number of hydrogen-bond acceptors (Lipinski definition) is 3. The van der Waals surface area contributed by atoms with Gasteiger partial charge in [-0.3, -0.25) is 14.6 Å². The van der Waals surface area contributed by atoms with E-state index in [-0.39, 0.29) is 11.8 Å². The van der Waals surface area contributed by atoms with E-state index in [9.17, 15) is 9.59 Å². The fourth-order valence-corrected chi connectivity index (χ4v) is 1.83. The summed E-state index contributed by atoms with van der Waals surface area (Å²) in [5.74, 6) is 0.378. The van der Waals surface area contributed by atoms with Crippen LogP contribution >= 0.6 is 0 Å². The molecule has 0 aromatic carbocycles. The van der Waals surface area contributed by atoms with E-state index in [0.717, 1.165) is 5.56 Å². The van der Waals surface area contributed by atoms with Crippen molar-refractivity contribution in [1.82, 2.24) is 15.2 Å². The molecule has 1 rings (SSSR count). The third-order valence-corrected chi connectivity index (χ3v) is 2.87. The van der Waals surface area contributed by atoms with Gasteiger partial charge in [-0.1, -0.05) is 13.8 Å². The van der Waals surface area contributed by atoms with Gasteiger partial charge in [0.25, 0.3) is 0 Å². The largest absolute Gasteiger partial charge is 0.354 e. The van der Waals surface area contributed by atoms with Crippen LogP contribution in [0.4, 0.5) is 0 Å². The first kappa shape index (κ1) is 16.1. The van der Waals surface area contributed by atoms with Gasteiger partial charge < -0.3 is 10.2 Å². The first-order valence-electron chi connectivity index (χ1n) is 6.90.